The average molecular weight is 445 g/mol. The Morgan fingerprint density at radius 3 is 2.66 bits per heavy atom. The number of ether oxygens (including phenoxy) is 1. The van der Waals surface area contributed by atoms with Crippen molar-refractivity contribution in [2.75, 3.05) is 45.2 Å². The Balaban J connectivity index is 1.47. The second-order valence-corrected chi connectivity index (χ2v) is 8.63. The Kier molecular flexibility index (Phi) is 6.79. The summed E-state index contributed by atoms with van der Waals surface area (Å²) in [6, 6.07) is 9.16. The minimum Gasteiger partial charge on any atom is -0.490 e. The van der Waals surface area contributed by atoms with E-state index >= 15 is 0 Å². The van der Waals surface area contributed by atoms with Crippen molar-refractivity contribution in [3.63, 3.8) is 0 Å². The van der Waals surface area contributed by atoms with Crippen molar-refractivity contribution >= 4 is 11.7 Å². The van der Waals surface area contributed by atoms with Crippen molar-refractivity contribution in [2.24, 2.45) is 0 Å². The summed E-state index contributed by atoms with van der Waals surface area (Å²) in [5.74, 6) is -0.412. The molecule has 2 aliphatic heterocycles. The molecule has 0 aliphatic carbocycles. The van der Waals surface area contributed by atoms with Gasteiger partial charge in [0.05, 0.1) is 18.8 Å². The molecule has 1 saturated heterocycles. The molecule has 0 bridgehead atoms. The molecule has 0 aromatic heterocycles. The van der Waals surface area contributed by atoms with E-state index < -0.39 is 11.6 Å². The number of carbonyl (C=O) groups excluding carboxylic acids is 1. The Morgan fingerprint density at radius 2 is 1.91 bits per heavy atom. The lowest BCUT2D eigenvalue weighted by Gasteiger charge is -2.37. The van der Waals surface area contributed by atoms with Gasteiger partial charge in [0, 0.05) is 31.3 Å². The molecular formula is C24H30F2N4O2. The van der Waals surface area contributed by atoms with Gasteiger partial charge in [-0.2, -0.15) is 0 Å². The highest BCUT2D eigenvalue weighted by atomic mass is 19.1. The van der Waals surface area contributed by atoms with Crippen LogP contribution >= 0.6 is 0 Å². The molecule has 0 saturated carbocycles. The first-order chi connectivity index (χ1) is 15.4. The highest BCUT2D eigenvalue weighted by Crippen LogP contribution is 2.31. The van der Waals surface area contributed by atoms with E-state index in [0.717, 1.165) is 55.5 Å². The molecule has 2 aliphatic rings. The highest BCUT2D eigenvalue weighted by molar-refractivity contribution is 5.74. The summed E-state index contributed by atoms with van der Waals surface area (Å²) in [5.41, 5.74) is 2.28. The van der Waals surface area contributed by atoms with E-state index in [1.165, 1.54) is 12.1 Å². The number of fused-ring (bicyclic) bond motifs is 1. The number of urea groups is 1. The first-order valence-corrected chi connectivity index (χ1v) is 11.0. The van der Waals surface area contributed by atoms with Crippen LogP contribution in [0.1, 0.15) is 24.0 Å². The molecule has 0 atom stereocenters. The zero-order valence-corrected chi connectivity index (χ0v) is 18.6. The van der Waals surface area contributed by atoms with E-state index in [0.29, 0.717) is 18.7 Å². The summed E-state index contributed by atoms with van der Waals surface area (Å²) >= 11 is 0. The van der Waals surface area contributed by atoms with Crippen molar-refractivity contribution in [3.8, 4) is 5.75 Å². The topological polar surface area (TPSA) is 48.0 Å². The molecule has 1 N–H and O–H groups in total. The van der Waals surface area contributed by atoms with Gasteiger partial charge < -0.3 is 24.8 Å². The summed E-state index contributed by atoms with van der Waals surface area (Å²) in [5, 5.41) is 3.00. The van der Waals surface area contributed by atoms with E-state index in [-0.39, 0.29) is 18.6 Å². The fraction of sp³-hybridized carbons (Fsp3) is 0.458. The molecule has 2 amide bonds. The average Bonchev–Trinajstić information content (AvgIpc) is 2.78. The number of likely N-dealkylation sites (tertiary alicyclic amines) is 1. The van der Waals surface area contributed by atoms with Gasteiger partial charge in [-0.25, -0.2) is 13.6 Å². The molecule has 4 rings (SSSR count). The molecule has 2 aromatic rings. The van der Waals surface area contributed by atoms with Crippen molar-refractivity contribution in [1.82, 2.24) is 15.1 Å². The lowest BCUT2D eigenvalue weighted by Crippen LogP contribution is -2.49. The normalized spacial score (nSPS) is 16.9. The van der Waals surface area contributed by atoms with E-state index in [1.54, 1.807) is 4.90 Å². The number of anilines is 1. The van der Waals surface area contributed by atoms with E-state index in [9.17, 15) is 13.6 Å². The number of halogens is 2. The number of nitrogens with one attached hydrogen (secondary N) is 1. The minimum atomic E-state index is -0.631. The van der Waals surface area contributed by atoms with E-state index in [4.69, 9.17) is 4.74 Å². The van der Waals surface area contributed by atoms with Crippen LogP contribution in [0.15, 0.2) is 36.4 Å². The molecule has 0 radical (unpaired) electrons. The summed E-state index contributed by atoms with van der Waals surface area (Å²) in [6.07, 6.45) is 1.63. The predicted molar refractivity (Wildman–Crippen MR) is 120 cm³/mol. The standard InChI is InChI=1S/C24H30F2N4O2/c1-28-9-7-20(8-10-28)30(16-18-4-5-19(25)14-21(18)26)24(31)27-15-17-3-6-23-22(13-17)29(2)11-12-32-23/h3-6,13-14,20H,7-12,15-16H2,1-2H3,(H,27,31). The van der Waals surface area contributed by atoms with Crippen LogP contribution in [0.3, 0.4) is 0 Å². The third kappa shape index (κ3) is 5.12. The highest BCUT2D eigenvalue weighted by Gasteiger charge is 2.28. The predicted octanol–water partition coefficient (Wildman–Crippen LogP) is 3.60. The number of piperidine rings is 1. The SMILES string of the molecule is CN1CCC(N(Cc2ccc(F)cc2F)C(=O)NCc2ccc3c(c2)N(C)CCO3)CC1. The molecular weight excluding hydrogens is 414 g/mol. The fourth-order valence-corrected chi connectivity index (χ4v) is 4.29. The third-order valence-electron chi connectivity index (χ3n) is 6.31. The van der Waals surface area contributed by atoms with Crippen LogP contribution in [0, 0.1) is 11.6 Å². The van der Waals surface area contributed by atoms with Crippen LogP contribution in [0.2, 0.25) is 0 Å². The molecule has 0 spiro atoms. The van der Waals surface area contributed by atoms with Gasteiger partial charge in [0.15, 0.2) is 0 Å². The van der Waals surface area contributed by atoms with Gasteiger partial charge in [-0.15, -0.1) is 0 Å². The molecule has 1 fully saturated rings. The second-order valence-electron chi connectivity index (χ2n) is 8.63. The van der Waals surface area contributed by atoms with E-state index in [1.807, 2.05) is 25.2 Å². The number of amides is 2. The maximum absolute atomic E-state index is 14.3. The van der Waals surface area contributed by atoms with Gasteiger partial charge in [0.1, 0.15) is 24.0 Å². The first kappa shape index (κ1) is 22.3. The van der Waals surface area contributed by atoms with Crippen molar-refractivity contribution in [2.45, 2.75) is 32.0 Å². The molecule has 2 aromatic carbocycles. The van der Waals surface area contributed by atoms with Gasteiger partial charge in [0.25, 0.3) is 0 Å². The maximum atomic E-state index is 14.3. The Hall–Kier alpha value is -2.87. The third-order valence-corrected chi connectivity index (χ3v) is 6.31. The van der Waals surface area contributed by atoms with Crippen LogP contribution in [0.4, 0.5) is 19.3 Å². The number of likely N-dealkylation sites (N-methyl/N-ethyl adjacent to an activating group) is 1. The molecule has 172 valence electrons. The second kappa shape index (κ2) is 9.73. The van der Waals surface area contributed by atoms with Gasteiger partial charge in [-0.05, 0) is 56.7 Å². The van der Waals surface area contributed by atoms with Crippen molar-refractivity contribution in [1.29, 1.82) is 0 Å². The first-order valence-electron chi connectivity index (χ1n) is 11.0. The Labute approximate surface area is 187 Å². The van der Waals surface area contributed by atoms with Crippen molar-refractivity contribution in [3.05, 3.63) is 59.2 Å². The van der Waals surface area contributed by atoms with E-state index in [2.05, 4.69) is 22.2 Å². The number of rotatable bonds is 5. The number of nitrogens with zero attached hydrogens (tertiary/aromatic N) is 3. The number of hydrogen-bond acceptors (Lipinski definition) is 4. The molecule has 32 heavy (non-hydrogen) atoms. The van der Waals surface area contributed by atoms with Crippen LogP contribution in [0.25, 0.3) is 0 Å². The number of hydrogen-bond donors (Lipinski definition) is 1. The lowest BCUT2D eigenvalue weighted by atomic mass is 10.0. The van der Waals surface area contributed by atoms with Gasteiger partial charge in [0.2, 0.25) is 0 Å². The van der Waals surface area contributed by atoms with Crippen LogP contribution in [-0.2, 0) is 13.1 Å². The minimum absolute atomic E-state index is 0.00119. The summed E-state index contributed by atoms with van der Waals surface area (Å²) in [7, 11) is 4.07. The number of carbonyl (C=O) groups is 1. The summed E-state index contributed by atoms with van der Waals surface area (Å²) in [4.78, 5) is 19.2. The molecule has 8 heteroatoms. The quantitative estimate of drug-likeness (QED) is 0.766. The Bertz CT molecular complexity index is 963. The summed E-state index contributed by atoms with van der Waals surface area (Å²) in [6.45, 7) is 3.68. The monoisotopic (exact) mass is 444 g/mol. The Morgan fingerprint density at radius 1 is 1.12 bits per heavy atom. The fourth-order valence-electron chi connectivity index (χ4n) is 4.29. The lowest BCUT2D eigenvalue weighted by molar-refractivity contribution is 0.126. The van der Waals surface area contributed by atoms with Crippen LogP contribution in [0.5, 0.6) is 5.75 Å². The molecule has 0 unspecified atom stereocenters. The largest absolute Gasteiger partial charge is 0.490 e. The van der Waals surface area contributed by atoms with Gasteiger partial charge >= 0.3 is 6.03 Å². The molecule has 6 nitrogen and oxygen atoms in total. The van der Waals surface area contributed by atoms with Gasteiger partial charge in [-0.1, -0.05) is 12.1 Å². The maximum Gasteiger partial charge on any atom is 0.318 e. The van der Waals surface area contributed by atoms with Gasteiger partial charge in [-0.3, -0.25) is 0 Å². The molecule has 2 heterocycles. The zero-order valence-electron chi connectivity index (χ0n) is 18.6. The van der Waals surface area contributed by atoms with Crippen LogP contribution in [-0.4, -0.2) is 62.2 Å². The van der Waals surface area contributed by atoms with Crippen LogP contribution < -0.4 is 15.0 Å². The number of benzene rings is 2. The smallest absolute Gasteiger partial charge is 0.318 e. The summed E-state index contributed by atoms with van der Waals surface area (Å²) < 4.78 is 33.4. The van der Waals surface area contributed by atoms with Crippen molar-refractivity contribution < 1.29 is 18.3 Å². The zero-order chi connectivity index (χ0) is 22.7.